The normalized spacial score (nSPS) is 20.2. The second-order valence-corrected chi connectivity index (χ2v) is 7.03. The third-order valence-corrected chi connectivity index (χ3v) is 5.65. The van der Waals surface area contributed by atoms with E-state index in [2.05, 4.69) is 10.6 Å². The molecule has 0 unspecified atom stereocenters. The number of hydrogen-bond acceptors (Lipinski definition) is 4. The quantitative estimate of drug-likeness (QED) is 0.845. The second kappa shape index (κ2) is 6.55. The van der Waals surface area contributed by atoms with Crippen LogP contribution < -0.4 is 10.6 Å². The first-order chi connectivity index (χ1) is 9.98. The summed E-state index contributed by atoms with van der Waals surface area (Å²) in [6, 6.07) is 6.24. The number of benzene rings is 1. The maximum absolute atomic E-state index is 12.6. The molecule has 1 amide bonds. The number of carbonyl (C=O) groups is 1. The fourth-order valence-electron chi connectivity index (χ4n) is 2.47. The van der Waals surface area contributed by atoms with E-state index in [-0.39, 0.29) is 16.8 Å². The van der Waals surface area contributed by atoms with Crippen molar-refractivity contribution >= 4 is 15.9 Å². The molecule has 0 bridgehead atoms. The molecule has 0 spiro atoms. The molecule has 0 aromatic heterocycles. The van der Waals surface area contributed by atoms with E-state index in [1.54, 1.807) is 7.05 Å². The lowest BCUT2D eigenvalue weighted by Crippen LogP contribution is -2.46. The van der Waals surface area contributed by atoms with E-state index in [0.29, 0.717) is 18.7 Å². The van der Waals surface area contributed by atoms with E-state index >= 15 is 0 Å². The minimum absolute atomic E-state index is 0.193. The summed E-state index contributed by atoms with van der Waals surface area (Å²) >= 11 is 0. The summed E-state index contributed by atoms with van der Waals surface area (Å²) in [4.78, 5) is 11.7. The van der Waals surface area contributed by atoms with Crippen LogP contribution in [0, 0.1) is 0 Å². The summed E-state index contributed by atoms with van der Waals surface area (Å²) in [6.07, 6.45) is 1.83. The first kappa shape index (κ1) is 15.9. The topological polar surface area (TPSA) is 78.5 Å². The molecular formula is C14H21N3O3S. The van der Waals surface area contributed by atoms with Crippen molar-refractivity contribution in [3.8, 4) is 0 Å². The monoisotopic (exact) mass is 311 g/mol. The Labute approximate surface area is 125 Å². The first-order valence-electron chi connectivity index (χ1n) is 6.98. The second-order valence-electron chi connectivity index (χ2n) is 5.09. The minimum atomic E-state index is -3.49. The summed E-state index contributed by atoms with van der Waals surface area (Å²) in [5, 5.41) is 5.64. The summed E-state index contributed by atoms with van der Waals surface area (Å²) in [5.74, 6) is -0.229. The minimum Gasteiger partial charge on any atom is -0.355 e. The highest BCUT2D eigenvalue weighted by Crippen LogP contribution is 2.21. The highest BCUT2D eigenvalue weighted by Gasteiger charge is 2.29. The highest BCUT2D eigenvalue weighted by molar-refractivity contribution is 7.89. The third-order valence-electron chi connectivity index (χ3n) is 3.77. The Morgan fingerprint density at radius 3 is 2.48 bits per heavy atom. The van der Waals surface area contributed by atoms with Crippen molar-refractivity contribution in [2.45, 2.75) is 23.8 Å². The van der Waals surface area contributed by atoms with Crippen LogP contribution in [0.15, 0.2) is 29.2 Å². The van der Waals surface area contributed by atoms with Gasteiger partial charge in [0.1, 0.15) is 0 Å². The van der Waals surface area contributed by atoms with Gasteiger partial charge in [-0.05, 0) is 44.2 Å². The number of carbonyl (C=O) groups excluding carboxylic acids is 1. The van der Waals surface area contributed by atoms with Gasteiger partial charge >= 0.3 is 0 Å². The van der Waals surface area contributed by atoms with Gasteiger partial charge in [-0.3, -0.25) is 4.79 Å². The molecule has 1 aliphatic rings. The predicted molar refractivity (Wildman–Crippen MR) is 80.7 cm³/mol. The van der Waals surface area contributed by atoms with Gasteiger partial charge in [0.05, 0.1) is 4.90 Å². The predicted octanol–water partition coefficient (Wildman–Crippen LogP) is 0.419. The van der Waals surface area contributed by atoms with Crippen LogP contribution >= 0.6 is 0 Å². The number of hydrogen-bond donors (Lipinski definition) is 2. The molecule has 1 aromatic carbocycles. The van der Waals surface area contributed by atoms with Crippen molar-refractivity contribution < 1.29 is 13.2 Å². The smallest absolute Gasteiger partial charge is 0.251 e. The number of piperidine rings is 1. The molecule has 0 saturated carbocycles. The van der Waals surface area contributed by atoms with Gasteiger partial charge in [-0.15, -0.1) is 0 Å². The standard InChI is InChI=1S/C14H21N3O3S/c1-15-12-4-3-9-17(10-12)21(19,20)13-7-5-11(6-8-13)14(18)16-2/h5-8,12,15H,3-4,9-10H2,1-2H3,(H,16,18)/t12-/m0/s1. The van der Waals surface area contributed by atoms with Crippen molar-refractivity contribution in [3.05, 3.63) is 29.8 Å². The highest BCUT2D eigenvalue weighted by atomic mass is 32.2. The molecule has 0 aliphatic carbocycles. The maximum Gasteiger partial charge on any atom is 0.251 e. The molecular weight excluding hydrogens is 290 g/mol. The van der Waals surface area contributed by atoms with E-state index in [1.807, 2.05) is 7.05 Å². The molecule has 1 heterocycles. The first-order valence-corrected chi connectivity index (χ1v) is 8.42. The molecule has 1 atom stereocenters. The summed E-state index contributed by atoms with van der Waals surface area (Å²) in [5.41, 5.74) is 0.447. The van der Waals surface area contributed by atoms with Crippen molar-refractivity contribution in [2.75, 3.05) is 27.2 Å². The van der Waals surface area contributed by atoms with Crippen LogP contribution in [0.5, 0.6) is 0 Å². The SMILES string of the molecule is CNC(=O)c1ccc(S(=O)(=O)N2CCC[C@H](NC)C2)cc1. The fourth-order valence-corrected chi connectivity index (χ4v) is 3.99. The lowest BCUT2D eigenvalue weighted by atomic mass is 10.1. The lowest BCUT2D eigenvalue weighted by molar-refractivity contribution is 0.0963. The van der Waals surface area contributed by atoms with Crippen LogP contribution in [0.1, 0.15) is 23.2 Å². The molecule has 0 radical (unpaired) electrons. The van der Waals surface area contributed by atoms with Gasteiger partial charge in [-0.2, -0.15) is 4.31 Å². The largest absolute Gasteiger partial charge is 0.355 e. The molecule has 7 heteroatoms. The van der Waals surface area contributed by atoms with Gasteiger partial charge in [0, 0.05) is 31.7 Å². The molecule has 2 rings (SSSR count). The lowest BCUT2D eigenvalue weighted by Gasteiger charge is -2.31. The Morgan fingerprint density at radius 2 is 1.90 bits per heavy atom. The Morgan fingerprint density at radius 1 is 1.24 bits per heavy atom. The van der Waals surface area contributed by atoms with Crippen molar-refractivity contribution in [1.82, 2.24) is 14.9 Å². The summed E-state index contributed by atoms with van der Waals surface area (Å²) in [7, 11) is -0.106. The molecule has 116 valence electrons. The van der Waals surface area contributed by atoms with Crippen LogP contribution in [0.3, 0.4) is 0 Å². The molecule has 1 aliphatic heterocycles. The van der Waals surface area contributed by atoms with Crippen molar-refractivity contribution in [2.24, 2.45) is 0 Å². The van der Waals surface area contributed by atoms with Gasteiger partial charge in [0.15, 0.2) is 0 Å². The number of likely N-dealkylation sites (N-methyl/N-ethyl adjacent to an activating group) is 1. The Hall–Kier alpha value is -1.44. The number of sulfonamides is 1. The van der Waals surface area contributed by atoms with Gasteiger partial charge in [-0.25, -0.2) is 8.42 Å². The van der Waals surface area contributed by atoms with Crippen LogP contribution in [-0.2, 0) is 10.0 Å². The number of amides is 1. The molecule has 1 aromatic rings. The van der Waals surface area contributed by atoms with E-state index in [9.17, 15) is 13.2 Å². The number of nitrogens with one attached hydrogen (secondary N) is 2. The zero-order valence-electron chi connectivity index (χ0n) is 12.3. The fraction of sp³-hybridized carbons (Fsp3) is 0.500. The van der Waals surface area contributed by atoms with Crippen LogP contribution in [0.25, 0.3) is 0 Å². The van der Waals surface area contributed by atoms with E-state index in [0.717, 1.165) is 12.8 Å². The third kappa shape index (κ3) is 3.42. The number of nitrogens with zero attached hydrogens (tertiary/aromatic N) is 1. The van der Waals surface area contributed by atoms with Crippen LogP contribution in [0.2, 0.25) is 0 Å². The Balaban J connectivity index is 2.21. The van der Waals surface area contributed by atoms with Gasteiger partial charge in [-0.1, -0.05) is 0 Å². The van der Waals surface area contributed by atoms with Crippen LogP contribution in [-0.4, -0.2) is 51.9 Å². The zero-order chi connectivity index (χ0) is 15.5. The zero-order valence-corrected chi connectivity index (χ0v) is 13.1. The Bertz CT molecular complexity index is 598. The van der Waals surface area contributed by atoms with E-state index < -0.39 is 10.0 Å². The van der Waals surface area contributed by atoms with Crippen molar-refractivity contribution in [3.63, 3.8) is 0 Å². The molecule has 1 fully saturated rings. The van der Waals surface area contributed by atoms with Gasteiger partial charge in [0.2, 0.25) is 10.0 Å². The van der Waals surface area contributed by atoms with Crippen LogP contribution in [0.4, 0.5) is 0 Å². The molecule has 21 heavy (non-hydrogen) atoms. The maximum atomic E-state index is 12.6. The molecule has 6 nitrogen and oxygen atoms in total. The average Bonchev–Trinajstić information content (AvgIpc) is 2.54. The number of rotatable bonds is 4. The van der Waals surface area contributed by atoms with Gasteiger partial charge < -0.3 is 10.6 Å². The van der Waals surface area contributed by atoms with E-state index in [4.69, 9.17) is 0 Å². The van der Waals surface area contributed by atoms with Crippen molar-refractivity contribution in [1.29, 1.82) is 0 Å². The summed E-state index contributed by atoms with van der Waals surface area (Å²) < 4.78 is 26.7. The summed E-state index contributed by atoms with van der Waals surface area (Å²) in [6.45, 7) is 1.02. The molecule has 2 N–H and O–H groups in total. The Kier molecular flexibility index (Phi) is 4.97. The van der Waals surface area contributed by atoms with E-state index in [1.165, 1.54) is 28.6 Å². The molecule has 1 saturated heterocycles. The van der Waals surface area contributed by atoms with Gasteiger partial charge in [0.25, 0.3) is 5.91 Å². The average molecular weight is 311 g/mol.